The summed E-state index contributed by atoms with van der Waals surface area (Å²) in [5, 5.41) is 14.4. The monoisotopic (exact) mass is 312 g/mol. The van der Waals surface area contributed by atoms with Crippen LogP contribution in [-0.2, 0) is 0 Å². The first-order valence-corrected chi connectivity index (χ1v) is 6.70. The van der Waals surface area contributed by atoms with E-state index in [2.05, 4.69) is 26.2 Å². The topological polar surface area (TPSA) is 71.3 Å². The van der Waals surface area contributed by atoms with Gasteiger partial charge in [-0.3, -0.25) is 10.1 Å². The highest BCUT2D eigenvalue weighted by Crippen LogP contribution is 2.35. The Morgan fingerprint density at radius 2 is 2.11 bits per heavy atom. The van der Waals surface area contributed by atoms with Crippen LogP contribution < -0.4 is 10.2 Å². The first-order chi connectivity index (χ1) is 8.65. The number of nitro groups is 1. The van der Waals surface area contributed by atoms with Crippen LogP contribution in [0.15, 0.2) is 16.7 Å². The Bertz CT molecular complexity index is 484. The molecule has 96 valence electrons. The molecule has 2 unspecified atom stereocenters. The van der Waals surface area contributed by atoms with E-state index in [9.17, 15) is 10.1 Å². The minimum atomic E-state index is -0.362. The molecule has 1 aromatic heterocycles. The molecular formula is C11H13BrN4O2. The summed E-state index contributed by atoms with van der Waals surface area (Å²) in [6.07, 6.45) is 1.62. The van der Waals surface area contributed by atoms with Crippen LogP contribution in [0.1, 0.15) is 0 Å². The van der Waals surface area contributed by atoms with Crippen LogP contribution in [0.25, 0.3) is 0 Å². The van der Waals surface area contributed by atoms with Gasteiger partial charge in [0.1, 0.15) is 0 Å². The number of rotatable bonds is 2. The van der Waals surface area contributed by atoms with Crippen molar-refractivity contribution in [2.45, 2.75) is 0 Å². The zero-order valence-electron chi connectivity index (χ0n) is 9.67. The van der Waals surface area contributed by atoms with Crippen LogP contribution in [0.2, 0.25) is 0 Å². The third kappa shape index (κ3) is 1.97. The largest absolute Gasteiger partial charge is 0.350 e. The lowest BCUT2D eigenvalue weighted by Crippen LogP contribution is -2.26. The lowest BCUT2D eigenvalue weighted by molar-refractivity contribution is -0.384. The van der Waals surface area contributed by atoms with Gasteiger partial charge in [0.25, 0.3) is 0 Å². The fourth-order valence-electron chi connectivity index (χ4n) is 2.83. The molecule has 2 aliphatic rings. The van der Waals surface area contributed by atoms with Crippen molar-refractivity contribution >= 4 is 27.4 Å². The second-order valence-electron chi connectivity index (χ2n) is 4.84. The van der Waals surface area contributed by atoms with Gasteiger partial charge in [0, 0.05) is 42.9 Å². The fourth-order valence-corrected chi connectivity index (χ4v) is 3.15. The predicted molar refractivity (Wildman–Crippen MR) is 70.7 cm³/mol. The first-order valence-electron chi connectivity index (χ1n) is 5.91. The first kappa shape index (κ1) is 11.9. The second-order valence-corrected chi connectivity index (χ2v) is 5.75. The lowest BCUT2D eigenvalue weighted by Gasteiger charge is -2.18. The van der Waals surface area contributed by atoms with Gasteiger partial charge in [0.05, 0.1) is 4.92 Å². The number of fused-ring (bicyclic) bond motifs is 1. The van der Waals surface area contributed by atoms with Crippen LogP contribution in [0.5, 0.6) is 0 Å². The zero-order valence-corrected chi connectivity index (χ0v) is 11.3. The highest BCUT2D eigenvalue weighted by atomic mass is 79.9. The molecule has 2 saturated heterocycles. The summed E-state index contributed by atoms with van der Waals surface area (Å²) < 4.78 is 0.638. The molecule has 1 aromatic rings. The maximum atomic E-state index is 11.1. The van der Waals surface area contributed by atoms with E-state index in [1.165, 1.54) is 6.07 Å². The van der Waals surface area contributed by atoms with Crippen LogP contribution in [0.4, 0.5) is 11.5 Å². The molecule has 0 saturated carbocycles. The molecule has 2 aliphatic heterocycles. The van der Waals surface area contributed by atoms with Crippen molar-refractivity contribution in [3.05, 3.63) is 26.9 Å². The average molecular weight is 313 g/mol. The maximum Gasteiger partial charge on any atom is 0.312 e. The summed E-state index contributed by atoms with van der Waals surface area (Å²) in [7, 11) is 0. The Morgan fingerprint density at radius 1 is 1.44 bits per heavy atom. The highest BCUT2D eigenvalue weighted by Gasteiger charge is 2.38. The average Bonchev–Trinajstić information content (AvgIpc) is 2.88. The van der Waals surface area contributed by atoms with E-state index < -0.39 is 0 Å². The van der Waals surface area contributed by atoms with Crippen molar-refractivity contribution in [2.75, 3.05) is 31.1 Å². The van der Waals surface area contributed by atoms with Crippen molar-refractivity contribution in [3.63, 3.8) is 0 Å². The van der Waals surface area contributed by atoms with Gasteiger partial charge in [-0.25, -0.2) is 4.98 Å². The van der Waals surface area contributed by atoms with Gasteiger partial charge in [-0.1, -0.05) is 0 Å². The Balaban J connectivity index is 1.90. The molecule has 1 N–H and O–H groups in total. The van der Waals surface area contributed by atoms with Crippen molar-refractivity contribution in [2.24, 2.45) is 11.8 Å². The summed E-state index contributed by atoms with van der Waals surface area (Å²) in [5.41, 5.74) is 0.0808. The van der Waals surface area contributed by atoms with Gasteiger partial charge in [-0.2, -0.15) is 0 Å². The summed E-state index contributed by atoms with van der Waals surface area (Å²) in [5.74, 6) is 1.68. The molecule has 0 aromatic carbocycles. The summed E-state index contributed by atoms with van der Waals surface area (Å²) in [6, 6.07) is 1.52. The zero-order chi connectivity index (χ0) is 12.7. The van der Waals surface area contributed by atoms with Crippen LogP contribution in [-0.4, -0.2) is 36.1 Å². The molecule has 0 spiro atoms. The van der Waals surface area contributed by atoms with E-state index in [1.807, 2.05) is 4.90 Å². The summed E-state index contributed by atoms with van der Waals surface area (Å²) in [6.45, 7) is 3.72. The molecule has 6 nitrogen and oxygen atoms in total. The molecule has 7 heteroatoms. The minimum Gasteiger partial charge on any atom is -0.350 e. The van der Waals surface area contributed by atoms with E-state index in [0.717, 1.165) is 26.2 Å². The van der Waals surface area contributed by atoms with Crippen molar-refractivity contribution in [1.29, 1.82) is 0 Å². The number of halogens is 1. The summed E-state index contributed by atoms with van der Waals surface area (Å²) >= 11 is 3.23. The quantitative estimate of drug-likeness (QED) is 0.660. The number of pyridine rings is 1. The number of nitrogens with zero attached hydrogens (tertiary/aromatic N) is 3. The fraction of sp³-hybridized carbons (Fsp3) is 0.545. The molecule has 3 heterocycles. The third-order valence-electron chi connectivity index (χ3n) is 3.70. The van der Waals surface area contributed by atoms with Crippen molar-refractivity contribution in [3.8, 4) is 0 Å². The molecule has 0 radical (unpaired) electrons. The molecule has 0 aliphatic carbocycles. The van der Waals surface area contributed by atoms with Gasteiger partial charge in [0.15, 0.2) is 0 Å². The third-order valence-corrected chi connectivity index (χ3v) is 4.13. The number of hydrogen-bond donors (Lipinski definition) is 1. The Kier molecular flexibility index (Phi) is 2.95. The number of hydrogen-bond acceptors (Lipinski definition) is 5. The number of aromatic nitrogens is 1. The number of anilines is 1. The van der Waals surface area contributed by atoms with E-state index in [-0.39, 0.29) is 10.6 Å². The van der Waals surface area contributed by atoms with Gasteiger partial charge in [0.2, 0.25) is 5.82 Å². The number of nitrogens with one attached hydrogen (secondary N) is 1. The molecule has 3 rings (SSSR count). The Morgan fingerprint density at radius 3 is 2.72 bits per heavy atom. The predicted octanol–water partition coefficient (Wildman–Crippen LogP) is 1.41. The van der Waals surface area contributed by atoms with Gasteiger partial charge in [-0.15, -0.1) is 0 Å². The van der Waals surface area contributed by atoms with E-state index in [4.69, 9.17) is 0 Å². The molecular weight excluding hydrogens is 300 g/mol. The van der Waals surface area contributed by atoms with E-state index in [1.54, 1.807) is 6.20 Å². The Hall–Kier alpha value is -1.21. The summed E-state index contributed by atoms with van der Waals surface area (Å²) in [4.78, 5) is 17.0. The lowest BCUT2D eigenvalue weighted by atomic mass is 10.0. The van der Waals surface area contributed by atoms with Crippen molar-refractivity contribution in [1.82, 2.24) is 10.3 Å². The molecule has 18 heavy (non-hydrogen) atoms. The van der Waals surface area contributed by atoms with Crippen LogP contribution in [0.3, 0.4) is 0 Å². The maximum absolute atomic E-state index is 11.1. The molecule has 2 fully saturated rings. The van der Waals surface area contributed by atoms with Crippen LogP contribution >= 0.6 is 15.9 Å². The van der Waals surface area contributed by atoms with Crippen LogP contribution in [0, 0.1) is 22.0 Å². The molecule has 0 amide bonds. The van der Waals surface area contributed by atoms with Gasteiger partial charge >= 0.3 is 5.69 Å². The smallest absolute Gasteiger partial charge is 0.312 e. The van der Waals surface area contributed by atoms with Crippen molar-refractivity contribution < 1.29 is 4.92 Å². The highest BCUT2D eigenvalue weighted by molar-refractivity contribution is 9.10. The second kappa shape index (κ2) is 4.47. The Labute approximate surface area is 113 Å². The van der Waals surface area contributed by atoms with Gasteiger partial charge < -0.3 is 10.2 Å². The van der Waals surface area contributed by atoms with E-state index >= 15 is 0 Å². The SMILES string of the molecule is O=[N+]([O-])c1cc(Br)cnc1N1CC2CNCC2C1. The normalized spacial score (nSPS) is 26.4. The standard InChI is InChI=1S/C11H13BrN4O2/c12-9-1-10(16(17)18)11(14-4-9)15-5-7-2-13-3-8(7)6-15/h1,4,7-8,13H,2-3,5-6H2. The van der Waals surface area contributed by atoms with Gasteiger partial charge in [-0.05, 0) is 27.8 Å². The minimum absolute atomic E-state index is 0.0808. The molecule has 2 atom stereocenters. The molecule has 0 bridgehead atoms. The van der Waals surface area contributed by atoms with E-state index in [0.29, 0.717) is 22.1 Å².